The van der Waals surface area contributed by atoms with Gasteiger partial charge in [0.1, 0.15) is 11.3 Å². The van der Waals surface area contributed by atoms with Crippen LogP contribution in [0.3, 0.4) is 0 Å². The molecule has 0 spiro atoms. The number of pyridine rings is 1. The van der Waals surface area contributed by atoms with Gasteiger partial charge in [-0.25, -0.2) is 4.98 Å². The molecule has 0 aromatic carbocycles. The van der Waals surface area contributed by atoms with E-state index in [-0.39, 0.29) is 5.91 Å². The van der Waals surface area contributed by atoms with Crippen LogP contribution in [0.2, 0.25) is 0 Å². The summed E-state index contributed by atoms with van der Waals surface area (Å²) in [6.07, 6.45) is 3.40. The summed E-state index contributed by atoms with van der Waals surface area (Å²) in [5, 5.41) is 2.94. The van der Waals surface area contributed by atoms with Crippen LogP contribution in [0.25, 0.3) is 5.65 Å². The third-order valence-electron chi connectivity index (χ3n) is 3.16. The lowest BCUT2D eigenvalue weighted by atomic mass is 10.2. The minimum Gasteiger partial charge on any atom is -0.382 e. The Labute approximate surface area is 132 Å². The quantitative estimate of drug-likeness (QED) is 0.778. The minimum atomic E-state index is -0.0889. The Hall–Kier alpha value is -1.40. The molecule has 0 aliphatic heterocycles. The molecule has 5 nitrogen and oxygen atoms in total. The molecule has 0 fully saturated rings. The van der Waals surface area contributed by atoms with Crippen molar-refractivity contribution < 1.29 is 9.53 Å². The molecule has 0 bridgehead atoms. The number of rotatable bonds is 7. The number of ether oxygens (including phenoxy) is 1. The molecule has 2 aromatic heterocycles. The van der Waals surface area contributed by atoms with E-state index < -0.39 is 0 Å². The highest BCUT2D eigenvalue weighted by atomic mass is 79.9. The van der Waals surface area contributed by atoms with Crippen molar-refractivity contribution in [3.8, 4) is 0 Å². The molecule has 0 saturated carbocycles. The molecule has 1 N–H and O–H groups in total. The van der Waals surface area contributed by atoms with Gasteiger partial charge in [0.15, 0.2) is 0 Å². The lowest BCUT2D eigenvalue weighted by Crippen LogP contribution is -2.27. The van der Waals surface area contributed by atoms with Gasteiger partial charge in [0.25, 0.3) is 5.91 Å². The van der Waals surface area contributed by atoms with Crippen molar-refractivity contribution in [2.45, 2.75) is 26.7 Å². The number of carbonyl (C=O) groups excluding carboxylic acids is 1. The van der Waals surface area contributed by atoms with Crippen LogP contribution in [-0.2, 0) is 11.2 Å². The number of hydrogen-bond acceptors (Lipinski definition) is 3. The van der Waals surface area contributed by atoms with Crippen LogP contribution in [0.5, 0.6) is 0 Å². The van der Waals surface area contributed by atoms with Crippen molar-refractivity contribution in [1.29, 1.82) is 0 Å². The number of aryl methyl sites for hydroxylation is 1. The maximum Gasteiger partial charge on any atom is 0.270 e. The second kappa shape index (κ2) is 7.56. The van der Waals surface area contributed by atoms with Crippen molar-refractivity contribution in [3.05, 3.63) is 34.2 Å². The number of nitrogens with one attached hydrogen (secondary N) is 1. The molecule has 0 saturated heterocycles. The van der Waals surface area contributed by atoms with E-state index in [1.807, 2.05) is 36.6 Å². The fraction of sp³-hybridized carbons (Fsp3) is 0.467. The Balaban J connectivity index is 2.15. The summed E-state index contributed by atoms with van der Waals surface area (Å²) in [6.45, 7) is 5.93. The Morgan fingerprint density at radius 1 is 1.43 bits per heavy atom. The number of hydrogen-bond donors (Lipinski definition) is 1. The summed E-state index contributed by atoms with van der Waals surface area (Å²) in [5.41, 5.74) is 2.22. The zero-order valence-electron chi connectivity index (χ0n) is 12.4. The smallest absolute Gasteiger partial charge is 0.270 e. The molecule has 2 heterocycles. The third kappa shape index (κ3) is 3.83. The second-order valence-electron chi connectivity index (χ2n) is 4.64. The van der Waals surface area contributed by atoms with Crippen molar-refractivity contribution in [2.75, 3.05) is 19.8 Å². The zero-order valence-corrected chi connectivity index (χ0v) is 13.9. The number of halogens is 1. The standard InChI is InChI=1S/C15H20BrN3O2/c1-3-12-14(15(20)17-8-5-9-21-4-2)19-10-11(16)6-7-13(19)18-12/h6-7,10H,3-5,8-9H2,1-2H3,(H,17,20). The summed E-state index contributed by atoms with van der Waals surface area (Å²) >= 11 is 3.43. The van der Waals surface area contributed by atoms with Crippen LogP contribution in [0.4, 0.5) is 0 Å². The SMILES string of the molecule is CCOCCCNC(=O)c1c(CC)nc2ccc(Br)cn12. The monoisotopic (exact) mass is 353 g/mol. The molecule has 21 heavy (non-hydrogen) atoms. The Bertz CT molecular complexity index is 625. The molecule has 0 radical (unpaired) electrons. The van der Waals surface area contributed by atoms with Gasteiger partial charge in [-0.15, -0.1) is 0 Å². The van der Waals surface area contributed by atoms with E-state index in [1.165, 1.54) is 0 Å². The molecule has 0 atom stereocenters. The second-order valence-corrected chi connectivity index (χ2v) is 5.56. The molecular formula is C15H20BrN3O2. The normalized spacial score (nSPS) is 11.0. The first-order valence-electron chi connectivity index (χ1n) is 7.19. The number of imidazole rings is 1. The molecule has 2 rings (SSSR count). The van der Waals surface area contributed by atoms with Crippen molar-refractivity contribution in [2.24, 2.45) is 0 Å². The molecule has 0 unspecified atom stereocenters. The summed E-state index contributed by atoms with van der Waals surface area (Å²) in [5.74, 6) is -0.0889. The van der Waals surface area contributed by atoms with E-state index in [4.69, 9.17) is 4.74 Å². The average molecular weight is 354 g/mol. The summed E-state index contributed by atoms with van der Waals surface area (Å²) in [7, 11) is 0. The Morgan fingerprint density at radius 2 is 2.24 bits per heavy atom. The number of amides is 1. The predicted octanol–water partition coefficient (Wildman–Crippen LogP) is 2.82. The predicted molar refractivity (Wildman–Crippen MR) is 85.7 cm³/mol. The molecule has 1 amide bonds. The lowest BCUT2D eigenvalue weighted by Gasteiger charge is -2.07. The van der Waals surface area contributed by atoms with Crippen molar-refractivity contribution in [1.82, 2.24) is 14.7 Å². The molecule has 0 aliphatic rings. The van der Waals surface area contributed by atoms with E-state index in [0.29, 0.717) is 25.5 Å². The van der Waals surface area contributed by atoms with E-state index in [0.717, 1.165) is 28.7 Å². The summed E-state index contributed by atoms with van der Waals surface area (Å²) < 4.78 is 8.01. The molecular weight excluding hydrogens is 334 g/mol. The first kappa shape index (κ1) is 16.0. The van der Waals surface area contributed by atoms with Gasteiger partial charge in [0, 0.05) is 30.4 Å². The minimum absolute atomic E-state index is 0.0889. The topological polar surface area (TPSA) is 55.6 Å². The number of carbonyl (C=O) groups is 1. The largest absolute Gasteiger partial charge is 0.382 e. The first-order chi connectivity index (χ1) is 10.2. The average Bonchev–Trinajstić information content (AvgIpc) is 2.84. The van der Waals surface area contributed by atoms with Gasteiger partial charge in [-0.05, 0) is 47.8 Å². The van der Waals surface area contributed by atoms with Crippen LogP contribution < -0.4 is 5.32 Å². The van der Waals surface area contributed by atoms with Gasteiger partial charge in [-0.1, -0.05) is 6.92 Å². The fourth-order valence-electron chi connectivity index (χ4n) is 2.16. The first-order valence-corrected chi connectivity index (χ1v) is 7.99. The van der Waals surface area contributed by atoms with Gasteiger partial charge in [-0.2, -0.15) is 0 Å². The lowest BCUT2D eigenvalue weighted by molar-refractivity contribution is 0.0937. The van der Waals surface area contributed by atoms with Crippen LogP contribution in [-0.4, -0.2) is 35.1 Å². The van der Waals surface area contributed by atoms with Crippen LogP contribution in [0.1, 0.15) is 36.5 Å². The number of nitrogens with zero attached hydrogens (tertiary/aromatic N) is 2. The highest BCUT2D eigenvalue weighted by molar-refractivity contribution is 9.10. The molecule has 6 heteroatoms. The van der Waals surface area contributed by atoms with Gasteiger partial charge in [-0.3, -0.25) is 9.20 Å². The highest BCUT2D eigenvalue weighted by Gasteiger charge is 2.17. The maximum absolute atomic E-state index is 12.4. The van der Waals surface area contributed by atoms with Crippen LogP contribution in [0, 0.1) is 0 Å². The van der Waals surface area contributed by atoms with Gasteiger partial charge in [0.2, 0.25) is 0 Å². The van der Waals surface area contributed by atoms with Crippen molar-refractivity contribution >= 4 is 27.5 Å². The van der Waals surface area contributed by atoms with Gasteiger partial charge in [0.05, 0.1) is 5.69 Å². The number of fused-ring (bicyclic) bond motifs is 1. The Morgan fingerprint density at radius 3 is 2.95 bits per heavy atom. The van der Waals surface area contributed by atoms with Crippen molar-refractivity contribution in [3.63, 3.8) is 0 Å². The van der Waals surface area contributed by atoms with Gasteiger partial charge >= 0.3 is 0 Å². The van der Waals surface area contributed by atoms with Gasteiger partial charge < -0.3 is 10.1 Å². The maximum atomic E-state index is 12.4. The Kier molecular flexibility index (Phi) is 5.76. The van der Waals surface area contributed by atoms with E-state index in [1.54, 1.807) is 0 Å². The fourth-order valence-corrected chi connectivity index (χ4v) is 2.50. The molecule has 2 aromatic rings. The summed E-state index contributed by atoms with van der Waals surface area (Å²) in [6, 6.07) is 3.82. The van der Waals surface area contributed by atoms with Crippen LogP contribution in [0.15, 0.2) is 22.8 Å². The number of aromatic nitrogens is 2. The van der Waals surface area contributed by atoms with Crippen LogP contribution >= 0.6 is 15.9 Å². The van der Waals surface area contributed by atoms with E-state index >= 15 is 0 Å². The molecule has 0 aliphatic carbocycles. The zero-order chi connectivity index (χ0) is 15.2. The summed E-state index contributed by atoms with van der Waals surface area (Å²) in [4.78, 5) is 16.9. The third-order valence-corrected chi connectivity index (χ3v) is 3.63. The molecule has 114 valence electrons. The van der Waals surface area contributed by atoms with E-state index in [2.05, 4.69) is 26.2 Å². The van der Waals surface area contributed by atoms with E-state index in [9.17, 15) is 4.79 Å². The highest BCUT2D eigenvalue weighted by Crippen LogP contribution is 2.17.